The number of nitrogens with one attached hydrogen (secondary N) is 2. The predicted octanol–water partition coefficient (Wildman–Crippen LogP) is 3.07. The van der Waals surface area contributed by atoms with Crippen molar-refractivity contribution in [1.29, 1.82) is 0 Å². The van der Waals surface area contributed by atoms with E-state index >= 15 is 0 Å². The zero-order chi connectivity index (χ0) is 17.0. The molecule has 0 spiro atoms. The SMILES string of the molecule is COc1ccc(C2Oc3ccc4[nH]cc5c4c3C2C(=O)NCC5)cc1. The Morgan fingerprint density at radius 2 is 2.00 bits per heavy atom. The lowest BCUT2D eigenvalue weighted by molar-refractivity contribution is -0.124. The van der Waals surface area contributed by atoms with Gasteiger partial charge in [-0.1, -0.05) is 12.1 Å². The van der Waals surface area contributed by atoms with E-state index in [-0.39, 0.29) is 17.9 Å². The van der Waals surface area contributed by atoms with Crippen LogP contribution < -0.4 is 14.8 Å². The molecule has 2 aliphatic heterocycles. The first-order valence-electron chi connectivity index (χ1n) is 8.47. The Morgan fingerprint density at radius 3 is 2.80 bits per heavy atom. The van der Waals surface area contributed by atoms with E-state index in [4.69, 9.17) is 9.47 Å². The number of aromatic nitrogens is 1. The van der Waals surface area contributed by atoms with Crippen LogP contribution >= 0.6 is 0 Å². The second-order valence-electron chi connectivity index (χ2n) is 6.54. The number of benzene rings is 2. The molecule has 126 valence electrons. The van der Waals surface area contributed by atoms with Crippen LogP contribution in [-0.2, 0) is 11.2 Å². The Kier molecular flexibility index (Phi) is 3.04. The predicted molar refractivity (Wildman–Crippen MR) is 94.1 cm³/mol. The fraction of sp³-hybridized carbons (Fsp3) is 0.250. The summed E-state index contributed by atoms with van der Waals surface area (Å²) in [5, 5.41) is 4.20. The molecule has 0 aliphatic carbocycles. The molecule has 5 nitrogen and oxygen atoms in total. The third-order valence-corrected chi connectivity index (χ3v) is 5.22. The van der Waals surface area contributed by atoms with E-state index in [1.54, 1.807) is 7.11 Å². The molecule has 2 aromatic carbocycles. The maximum Gasteiger partial charge on any atom is 0.231 e. The molecule has 3 aromatic rings. The molecule has 0 saturated heterocycles. The number of rotatable bonds is 2. The number of hydrogen-bond donors (Lipinski definition) is 2. The van der Waals surface area contributed by atoms with Crippen LogP contribution in [0.2, 0.25) is 0 Å². The van der Waals surface area contributed by atoms with Gasteiger partial charge in [-0.15, -0.1) is 0 Å². The summed E-state index contributed by atoms with van der Waals surface area (Å²) in [5.74, 6) is 1.27. The third kappa shape index (κ3) is 2.05. The fourth-order valence-electron chi connectivity index (χ4n) is 4.02. The number of hydrogen-bond acceptors (Lipinski definition) is 3. The van der Waals surface area contributed by atoms with Gasteiger partial charge in [0.15, 0.2) is 0 Å². The average Bonchev–Trinajstić information content (AvgIpc) is 3.21. The van der Waals surface area contributed by atoms with Crippen LogP contribution in [0.25, 0.3) is 10.9 Å². The summed E-state index contributed by atoms with van der Waals surface area (Å²) in [6.07, 6.45) is 2.54. The van der Waals surface area contributed by atoms with Crippen molar-refractivity contribution in [1.82, 2.24) is 10.3 Å². The van der Waals surface area contributed by atoms with Gasteiger partial charge in [0, 0.05) is 29.2 Å². The molecule has 25 heavy (non-hydrogen) atoms. The highest BCUT2D eigenvalue weighted by molar-refractivity contribution is 5.97. The van der Waals surface area contributed by atoms with Gasteiger partial charge < -0.3 is 19.8 Å². The van der Waals surface area contributed by atoms with Crippen molar-refractivity contribution in [3.63, 3.8) is 0 Å². The molecule has 1 amide bonds. The van der Waals surface area contributed by atoms with E-state index in [9.17, 15) is 4.79 Å². The van der Waals surface area contributed by atoms with Gasteiger partial charge in [0.2, 0.25) is 5.91 Å². The first-order valence-corrected chi connectivity index (χ1v) is 8.47. The maximum absolute atomic E-state index is 12.9. The molecule has 0 bridgehead atoms. The van der Waals surface area contributed by atoms with Crippen molar-refractivity contribution in [2.24, 2.45) is 0 Å². The van der Waals surface area contributed by atoms with E-state index in [0.29, 0.717) is 6.54 Å². The van der Waals surface area contributed by atoms with Crippen molar-refractivity contribution in [2.75, 3.05) is 13.7 Å². The number of H-pyrrole nitrogens is 1. The Morgan fingerprint density at radius 1 is 1.16 bits per heavy atom. The summed E-state index contributed by atoms with van der Waals surface area (Å²) < 4.78 is 11.5. The first kappa shape index (κ1) is 14.4. The number of carbonyl (C=O) groups is 1. The molecule has 3 heterocycles. The Hall–Kier alpha value is -2.95. The van der Waals surface area contributed by atoms with Gasteiger partial charge in [-0.2, -0.15) is 0 Å². The van der Waals surface area contributed by atoms with E-state index < -0.39 is 0 Å². The zero-order valence-corrected chi connectivity index (χ0v) is 13.8. The average molecular weight is 334 g/mol. The van der Waals surface area contributed by atoms with Crippen LogP contribution in [0.3, 0.4) is 0 Å². The number of aromatic amines is 1. The second-order valence-corrected chi connectivity index (χ2v) is 6.54. The number of amides is 1. The summed E-state index contributed by atoms with van der Waals surface area (Å²) in [6.45, 7) is 0.640. The van der Waals surface area contributed by atoms with Crippen molar-refractivity contribution >= 4 is 16.8 Å². The summed E-state index contributed by atoms with van der Waals surface area (Å²) in [4.78, 5) is 16.2. The lowest BCUT2D eigenvalue weighted by atomic mass is 9.86. The molecule has 0 saturated carbocycles. The van der Waals surface area contributed by atoms with Gasteiger partial charge >= 0.3 is 0 Å². The van der Waals surface area contributed by atoms with Gasteiger partial charge in [0.1, 0.15) is 23.5 Å². The summed E-state index contributed by atoms with van der Waals surface area (Å²) in [7, 11) is 1.64. The molecule has 0 fully saturated rings. The molecule has 2 aliphatic rings. The Bertz CT molecular complexity index is 975. The first-order chi connectivity index (χ1) is 12.3. The highest BCUT2D eigenvalue weighted by Crippen LogP contribution is 2.50. The largest absolute Gasteiger partial charge is 0.497 e. The lowest BCUT2D eigenvalue weighted by Gasteiger charge is -2.21. The van der Waals surface area contributed by atoms with Crippen LogP contribution in [0.15, 0.2) is 42.6 Å². The maximum atomic E-state index is 12.9. The quantitative estimate of drug-likeness (QED) is 0.757. The Labute approximate surface area is 144 Å². The van der Waals surface area contributed by atoms with Gasteiger partial charge in [0.25, 0.3) is 0 Å². The monoisotopic (exact) mass is 334 g/mol. The topological polar surface area (TPSA) is 63.4 Å². The van der Waals surface area contributed by atoms with E-state index in [1.807, 2.05) is 42.6 Å². The van der Waals surface area contributed by atoms with Gasteiger partial charge in [0.05, 0.1) is 7.11 Å². The van der Waals surface area contributed by atoms with E-state index in [2.05, 4.69) is 10.3 Å². The molecule has 2 atom stereocenters. The van der Waals surface area contributed by atoms with Gasteiger partial charge in [-0.25, -0.2) is 0 Å². The highest BCUT2D eigenvalue weighted by atomic mass is 16.5. The standard InChI is InChI=1S/C20H18N2O3/c1-24-13-4-2-11(3-5-13)19-18-17-15(25-19)7-6-14-16(17)12(10-22-14)8-9-21-20(18)23/h2-7,10,18-19,22H,8-9H2,1H3,(H,21,23). The molecular formula is C20H18N2O3. The van der Waals surface area contributed by atoms with Crippen molar-refractivity contribution in [3.05, 3.63) is 59.3 Å². The lowest BCUT2D eigenvalue weighted by Crippen LogP contribution is -2.34. The minimum atomic E-state index is -0.345. The van der Waals surface area contributed by atoms with Crippen LogP contribution in [0.5, 0.6) is 11.5 Å². The number of methoxy groups -OCH3 is 1. The number of carbonyl (C=O) groups excluding carboxylic acids is 1. The summed E-state index contributed by atoms with van der Waals surface area (Å²) >= 11 is 0. The zero-order valence-electron chi connectivity index (χ0n) is 13.8. The molecule has 1 aromatic heterocycles. The van der Waals surface area contributed by atoms with Crippen LogP contribution in [0, 0.1) is 0 Å². The van der Waals surface area contributed by atoms with Crippen molar-refractivity contribution in [3.8, 4) is 11.5 Å². The fourth-order valence-corrected chi connectivity index (χ4v) is 4.02. The van der Waals surface area contributed by atoms with Crippen LogP contribution in [-0.4, -0.2) is 24.5 Å². The Balaban J connectivity index is 1.69. The van der Waals surface area contributed by atoms with E-state index in [1.165, 1.54) is 5.56 Å². The third-order valence-electron chi connectivity index (χ3n) is 5.22. The minimum Gasteiger partial charge on any atom is -0.497 e. The van der Waals surface area contributed by atoms with Crippen LogP contribution in [0.1, 0.15) is 28.7 Å². The smallest absolute Gasteiger partial charge is 0.231 e. The highest BCUT2D eigenvalue weighted by Gasteiger charge is 2.43. The molecule has 5 rings (SSSR count). The molecule has 5 heteroatoms. The summed E-state index contributed by atoms with van der Waals surface area (Å²) in [6, 6.07) is 11.7. The van der Waals surface area contributed by atoms with Crippen LogP contribution in [0.4, 0.5) is 0 Å². The second kappa shape index (κ2) is 5.28. The summed E-state index contributed by atoms with van der Waals surface area (Å²) in [5.41, 5.74) is 4.28. The number of ether oxygens (including phenoxy) is 2. The van der Waals surface area contributed by atoms with Gasteiger partial charge in [-0.05, 0) is 41.8 Å². The normalized spacial score (nSPS) is 21.4. The molecule has 2 unspecified atom stereocenters. The minimum absolute atomic E-state index is 0.0268. The van der Waals surface area contributed by atoms with Gasteiger partial charge in [-0.3, -0.25) is 4.79 Å². The van der Waals surface area contributed by atoms with Crippen molar-refractivity contribution in [2.45, 2.75) is 18.4 Å². The molecular weight excluding hydrogens is 316 g/mol. The van der Waals surface area contributed by atoms with E-state index in [0.717, 1.165) is 39.9 Å². The van der Waals surface area contributed by atoms with Crippen molar-refractivity contribution < 1.29 is 14.3 Å². The molecule has 0 radical (unpaired) electrons. The molecule has 2 N–H and O–H groups in total.